The van der Waals surface area contributed by atoms with Gasteiger partial charge in [-0.1, -0.05) is 26.0 Å². The summed E-state index contributed by atoms with van der Waals surface area (Å²) in [5.74, 6) is -0.255. The molecule has 0 bridgehead atoms. The second-order valence-electron chi connectivity index (χ2n) is 5.13. The summed E-state index contributed by atoms with van der Waals surface area (Å²) in [5.41, 5.74) is 5.90. The third-order valence-corrected chi connectivity index (χ3v) is 2.60. The molecule has 1 rings (SSSR count). The molecule has 0 saturated carbocycles. The molecular weight excluding hydrogens is 285 g/mol. The lowest BCUT2D eigenvalue weighted by Crippen LogP contribution is -2.36. The summed E-state index contributed by atoms with van der Waals surface area (Å²) in [4.78, 5) is 11.9. The monoisotopic (exact) mass is 304 g/mol. The minimum absolute atomic E-state index is 0.0417. The Hall–Kier alpha value is -1.76. The van der Waals surface area contributed by atoms with E-state index in [-0.39, 0.29) is 17.4 Å². The van der Waals surface area contributed by atoms with E-state index >= 15 is 0 Å². The third kappa shape index (κ3) is 6.48. The highest BCUT2D eigenvalue weighted by Gasteiger charge is 2.29. The van der Waals surface area contributed by atoms with Crippen molar-refractivity contribution in [1.82, 2.24) is 0 Å². The molecule has 1 amide bonds. The highest BCUT2D eigenvalue weighted by Crippen LogP contribution is 2.26. The molecule has 3 N–H and O–H groups in total. The van der Waals surface area contributed by atoms with E-state index in [0.717, 1.165) is 0 Å². The zero-order valence-corrected chi connectivity index (χ0v) is 11.9. The van der Waals surface area contributed by atoms with Crippen LogP contribution in [0.25, 0.3) is 0 Å². The number of nitrogens with two attached hydrogens (primary N) is 1. The predicted molar refractivity (Wildman–Crippen MR) is 74.1 cm³/mol. The Bertz CT molecular complexity index is 476. The van der Waals surface area contributed by atoms with E-state index in [9.17, 15) is 18.0 Å². The van der Waals surface area contributed by atoms with Crippen LogP contribution in [-0.4, -0.2) is 24.7 Å². The van der Waals surface area contributed by atoms with E-state index in [1.807, 2.05) is 13.8 Å². The van der Waals surface area contributed by atoms with Gasteiger partial charge in [0.2, 0.25) is 5.91 Å². The molecule has 1 aromatic carbocycles. The minimum Gasteiger partial charge on any atom is -0.482 e. The van der Waals surface area contributed by atoms with Crippen LogP contribution in [0.3, 0.4) is 0 Å². The second kappa shape index (κ2) is 7.31. The second-order valence-corrected chi connectivity index (χ2v) is 5.13. The van der Waals surface area contributed by atoms with Crippen molar-refractivity contribution in [3.63, 3.8) is 0 Å². The van der Waals surface area contributed by atoms with Crippen molar-refractivity contribution in [2.45, 2.75) is 32.5 Å². The van der Waals surface area contributed by atoms with Crippen LogP contribution in [0, 0.1) is 5.92 Å². The van der Waals surface area contributed by atoms with Crippen LogP contribution >= 0.6 is 0 Å². The average Bonchev–Trinajstić information content (AvgIpc) is 2.35. The van der Waals surface area contributed by atoms with Gasteiger partial charge in [-0.15, -0.1) is 0 Å². The topological polar surface area (TPSA) is 64.4 Å². The molecule has 118 valence electrons. The molecule has 1 atom stereocenters. The fourth-order valence-electron chi connectivity index (χ4n) is 1.70. The first-order chi connectivity index (χ1) is 9.69. The third-order valence-electron chi connectivity index (χ3n) is 2.60. The Balaban J connectivity index is 2.72. The zero-order chi connectivity index (χ0) is 16.0. The fourth-order valence-corrected chi connectivity index (χ4v) is 1.70. The first-order valence-electron chi connectivity index (χ1n) is 6.54. The number of carbonyl (C=O) groups is 1. The minimum atomic E-state index is -4.44. The number of benzene rings is 1. The van der Waals surface area contributed by atoms with Gasteiger partial charge in [0.1, 0.15) is 5.75 Å². The van der Waals surface area contributed by atoms with E-state index < -0.39 is 24.7 Å². The van der Waals surface area contributed by atoms with Crippen molar-refractivity contribution < 1.29 is 22.7 Å². The number of halogens is 3. The largest absolute Gasteiger partial charge is 0.482 e. The summed E-state index contributed by atoms with van der Waals surface area (Å²) in [6.45, 7) is 2.43. The molecule has 7 heteroatoms. The lowest BCUT2D eigenvalue weighted by atomic mass is 10.0. The van der Waals surface area contributed by atoms with Crippen molar-refractivity contribution in [1.29, 1.82) is 0 Å². The summed E-state index contributed by atoms with van der Waals surface area (Å²) in [6.07, 6.45) is -3.96. The maximum absolute atomic E-state index is 12.2. The van der Waals surface area contributed by atoms with Crippen LogP contribution in [0.5, 0.6) is 5.75 Å². The van der Waals surface area contributed by atoms with E-state index in [1.54, 1.807) is 6.07 Å². The molecule has 1 aromatic rings. The van der Waals surface area contributed by atoms with Crippen LogP contribution in [-0.2, 0) is 4.79 Å². The van der Waals surface area contributed by atoms with Gasteiger partial charge in [-0.3, -0.25) is 4.79 Å². The molecule has 0 saturated heterocycles. The maximum Gasteiger partial charge on any atom is 0.422 e. The van der Waals surface area contributed by atoms with Crippen LogP contribution < -0.4 is 15.8 Å². The van der Waals surface area contributed by atoms with E-state index in [2.05, 4.69) is 10.1 Å². The highest BCUT2D eigenvalue weighted by atomic mass is 19.4. The van der Waals surface area contributed by atoms with Gasteiger partial charge in [0.15, 0.2) is 6.61 Å². The Labute approximate surface area is 121 Å². The molecule has 21 heavy (non-hydrogen) atoms. The van der Waals surface area contributed by atoms with Crippen LogP contribution in [0.15, 0.2) is 24.3 Å². The van der Waals surface area contributed by atoms with Gasteiger partial charge in [-0.25, -0.2) is 0 Å². The van der Waals surface area contributed by atoms with Gasteiger partial charge in [-0.05, 0) is 24.5 Å². The molecule has 0 aromatic heterocycles. The molecule has 0 spiro atoms. The Morgan fingerprint density at radius 2 is 1.95 bits per heavy atom. The van der Waals surface area contributed by atoms with Crippen LogP contribution in [0.1, 0.15) is 20.3 Å². The number of carbonyl (C=O) groups excluding carboxylic acids is 1. The number of hydrogen-bond donors (Lipinski definition) is 2. The molecule has 4 nitrogen and oxygen atoms in total. The number of hydrogen-bond acceptors (Lipinski definition) is 3. The first kappa shape index (κ1) is 17.3. The molecule has 1 unspecified atom stereocenters. The van der Waals surface area contributed by atoms with Crippen molar-refractivity contribution in [3.05, 3.63) is 24.3 Å². The van der Waals surface area contributed by atoms with Gasteiger partial charge < -0.3 is 15.8 Å². The average molecular weight is 304 g/mol. The number of ether oxygens (including phenoxy) is 1. The number of anilines is 1. The maximum atomic E-state index is 12.2. The first-order valence-corrected chi connectivity index (χ1v) is 6.54. The van der Waals surface area contributed by atoms with Crippen molar-refractivity contribution in [3.8, 4) is 5.75 Å². The summed E-state index contributed by atoms with van der Waals surface area (Å²) in [7, 11) is 0. The van der Waals surface area contributed by atoms with Crippen LogP contribution in [0.4, 0.5) is 18.9 Å². The van der Waals surface area contributed by atoms with E-state index in [1.165, 1.54) is 18.2 Å². The standard InChI is InChI=1S/C14H19F3N2O2/c1-9(2)7-10(18)13(20)19-11-5-3-4-6-12(11)21-8-14(15,16)17/h3-6,9-10H,7-8,18H2,1-2H3,(H,19,20). The van der Waals surface area contributed by atoms with Crippen molar-refractivity contribution >= 4 is 11.6 Å². The quantitative estimate of drug-likeness (QED) is 0.849. The van der Waals surface area contributed by atoms with Gasteiger partial charge in [0.25, 0.3) is 0 Å². The number of alkyl halides is 3. The lowest BCUT2D eigenvalue weighted by molar-refractivity contribution is -0.153. The van der Waals surface area contributed by atoms with E-state index in [0.29, 0.717) is 6.42 Å². The van der Waals surface area contributed by atoms with Gasteiger partial charge >= 0.3 is 6.18 Å². The molecule has 0 aliphatic carbocycles. The SMILES string of the molecule is CC(C)CC(N)C(=O)Nc1ccccc1OCC(F)(F)F. The molecule has 0 radical (unpaired) electrons. The smallest absolute Gasteiger partial charge is 0.422 e. The Morgan fingerprint density at radius 1 is 1.33 bits per heavy atom. The predicted octanol–water partition coefficient (Wildman–Crippen LogP) is 2.94. The Morgan fingerprint density at radius 3 is 2.52 bits per heavy atom. The summed E-state index contributed by atoms with van der Waals surface area (Å²) in [5, 5.41) is 2.50. The molecule has 0 heterocycles. The number of rotatable bonds is 6. The number of amides is 1. The normalized spacial score (nSPS) is 13.1. The van der Waals surface area contributed by atoms with Gasteiger partial charge in [-0.2, -0.15) is 13.2 Å². The fraction of sp³-hybridized carbons (Fsp3) is 0.500. The molecular formula is C14H19F3N2O2. The van der Waals surface area contributed by atoms with Crippen molar-refractivity contribution in [2.75, 3.05) is 11.9 Å². The Kier molecular flexibility index (Phi) is 6.02. The number of nitrogens with one attached hydrogen (secondary N) is 1. The van der Waals surface area contributed by atoms with Gasteiger partial charge in [0, 0.05) is 0 Å². The molecule has 0 aliphatic heterocycles. The summed E-state index contributed by atoms with van der Waals surface area (Å²) < 4.78 is 41.2. The summed E-state index contributed by atoms with van der Waals surface area (Å²) >= 11 is 0. The van der Waals surface area contributed by atoms with E-state index in [4.69, 9.17) is 5.73 Å². The van der Waals surface area contributed by atoms with Gasteiger partial charge in [0.05, 0.1) is 11.7 Å². The number of para-hydroxylation sites is 2. The molecule has 0 fully saturated rings. The summed E-state index contributed by atoms with van der Waals surface area (Å²) in [6, 6.07) is 5.21. The van der Waals surface area contributed by atoms with Crippen LogP contribution in [0.2, 0.25) is 0 Å². The zero-order valence-electron chi connectivity index (χ0n) is 11.9. The highest BCUT2D eigenvalue weighted by molar-refractivity contribution is 5.95. The van der Waals surface area contributed by atoms with Crippen molar-refractivity contribution in [2.24, 2.45) is 11.7 Å². The lowest BCUT2D eigenvalue weighted by Gasteiger charge is -2.17. The molecule has 0 aliphatic rings.